The lowest BCUT2D eigenvalue weighted by Gasteiger charge is -2.39. The number of halogens is 1. The molecule has 0 saturated carbocycles. The highest BCUT2D eigenvalue weighted by atomic mass is 35.5. The van der Waals surface area contributed by atoms with Crippen molar-refractivity contribution in [3.8, 4) is 11.5 Å². The van der Waals surface area contributed by atoms with Crippen LogP contribution in [0.25, 0.3) is 0 Å². The van der Waals surface area contributed by atoms with Gasteiger partial charge in [0.1, 0.15) is 23.1 Å². The number of ether oxygens (including phenoxy) is 2. The largest absolute Gasteiger partial charge is 0.457 e. The van der Waals surface area contributed by atoms with E-state index in [9.17, 15) is 4.79 Å². The second kappa shape index (κ2) is 13.3. The number of anilines is 2. The highest BCUT2D eigenvalue weighted by Crippen LogP contribution is 2.36. The molecule has 3 aromatic rings. The first-order valence-corrected chi connectivity index (χ1v) is 15.3. The number of hydrogen-bond donors (Lipinski definition) is 1. The number of likely N-dealkylation sites (tertiary alicyclic amines) is 1. The summed E-state index contributed by atoms with van der Waals surface area (Å²) in [6.45, 7) is 9.02. The van der Waals surface area contributed by atoms with Crippen LogP contribution in [-0.2, 0) is 9.53 Å². The highest BCUT2D eigenvalue weighted by Gasteiger charge is 2.30. The average Bonchev–Trinajstić information content (AvgIpc) is 3.00. The molecule has 2 saturated heterocycles. The number of morpholine rings is 1. The molecule has 1 aromatic heterocycles. The summed E-state index contributed by atoms with van der Waals surface area (Å²) in [6, 6.07) is 15.5. The van der Waals surface area contributed by atoms with E-state index in [0.717, 1.165) is 74.1 Å². The standard InChI is InChI=1S/C32H39ClN6O3/c1-23-34-20-29-30(36-26-5-3-7-28(19-26)42-27-6-2-4-25(33)18-27)10-13-39(32(29)35-23)21-24-8-11-37(12-9-24)22-31(40)38-14-16-41-17-15-38/h2-7,18-20,24,30,36H,8-17,21-22H2,1H3. The minimum atomic E-state index is 0.103. The predicted octanol–water partition coefficient (Wildman–Crippen LogP) is 5.16. The zero-order valence-corrected chi connectivity index (χ0v) is 24.9. The second-order valence-corrected chi connectivity index (χ2v) is 11.9. The van der Waals surface area contributed by atoms with Crippen molar-refractivity contribution in [3.05, 3.63) is 71.1 Å². The first-order chi connectivity index (χ1) is 20.5. The van der Waals surface area contributed by atoms with Crippen molar-refractivity contribution in [2.45, 2.75) is 32.2 Å². The average molecular weight is 591 g/mol. The van der Waals surface area contributed by atoms with Gasteiger partial charge >= 0.3 is 0 Å². The van der Waals surface area contributed by atoms with Crippen LogP contribution in [0.3, 0.4) is 0 Å². The molecule has 0 aliphatic carbocycles. The molecule has 10 heteroatoms. The molecule has 9 nitrogen and oxygen atoms in total. The van der Waals surface area contributed by atoms with Crippen LogP contribution in [0.5, 0.6) is 11.5 Å². The van der Waals surface area contributed by atoms with Crippen LogP contribution in [0, 0.1) is 12.8 Å². The fourth-order valence-electron chi connectivity index (χ4n) is 6.10. The van der Waals surface area contributed by atoms with Crippen molar-refractivity contribution in [1.29, 1.82) is 0 Å². The number of amides is 1. The summed E-state index contributed by atoms with van der Waals surface area (Å²) in [7, 11) is 0. The Labute approximate surface area is 252 Å². The quantitative estimate of drug-likeness (QED) is 0.385. The maximum Gasteiger partial charge on any atom is 0.236 e. The molecule has 0 spiro atoms. The zero-order chi connectivity index (χ0) is 28.9. The third-order valence-corrected chi connectivity index (χ3v) is 8.63. The summed E-state index contributed by atoms with van der Waals surface area (Å²) in [5.41, 5.74) is 2.11. The van der Waals surface area contributed by atoms with E-state index in [1.165, 1.54) is 0 Å². The minimum Gasteiger partial charge on any atom is -0.457 e. The molecule has 1 unspecified atom stereocenters. The van der Waals surface area contributed by atoms with Crippen LogP contribution in [0.2, 0.25) is 5.02 Å². The number of aryl methyl sites for hydroxylation is 1. The van der Waals surface area contributed by atoms with Crippen LogP contribution in [0.4, 0.5) is 11.5 Å². The van der Waals surface area contributed by atoms with Gasteiger partial charge < -0.3 is 24.6 Å². The van der Waals surface area contributed by atoms with Crippen molar-refractivity contribution in [3.63, 3.8) is 0 Å². The van der Waals surface area contributed by atoms with E-state index in [-0.39, 0.29) is 11.9 Å². The van der Waals surface area contributed by atoms with Gasteiger partial charge in [-0.3, -0.25) is 9.69 Å². The summed E-state index contributed by atoms with van der Waals surface area (Å²) < 4.78 is 11.4. The third-order valence-electron chi connectivity index (χ3n) is 8.39. The Morgan fingerprint density at radius 3 is 2.57 bits per heavy atom. The second-order valence-electron chi connectivity index (χ2n) is 11.4. The van der Waals surface area contributed by atoms with E-state index in [0.29, 0.717) is 49.5 Å². The Morgan fingerprint density at radius 2 is 1.79 bits per heavy atom. The topological polar surface area (TPSA) is 83.1 Å². The van der Waals surface area contributed by atoms with Gasteiger partial charge in [-0.15, -0.1) is 0 Å². The van der Waals surface area contributed by atoms with Crippen LogP contribution < -0.4 is 15.0 Å². The summed E-state index contributed by atoms with van der Waals surface area (Å²) >= 11 is 6.13. The van der Waals surface area contributed by atoms with Crippen LogP contribution in [-0.4, -0.2) is 84.7 Å². The number of rotatable bonds is 8. The molecule has 1 amide bonds. The molecule has 0 radical (unpaired) electrons. The lowest BCUT2D eigenvalue weighted by atomic mass is 9.94. The lowest BCUT2D eigenvalue weighted by molar-refractivity contribution is -0.136. The first-order valence-electron chi connectivity index (χ1n) is 15.0. The Morgan fingerprint density at radius 1 is 1.02 bits per heavy atom. The number of nitrogens with one attached hydrogen (secondary N) is 1. The van der Waals surface area contributed by atoms with Gasteiger partial charge in [0.15, 0.2) is 0 Å². The molecule has 2 aromatic carbocycles. The van der Waals surface area contributed by atoms with E-state index in [2.05, 4.69) is 26.2 Å². The van der Waals surface area contributed by atoms with Gasteiger partial charge in [0.2, 0.25) is 5.91 Å². The Kier molecular flexibility index (Phi) is 9.07. The molecule has 1 N–H and O–H groups in total. The van der Waals surface area contributed by atoms with E-state index >= 15 is 0 Å². The predicted molar refractivity (Wildman–Crippen MR) is 164 cm³/mol. The smallest absolute Gasteiger partial charge is 0.236 e. The minimum absolute atomic E-state index is 0.103. The van der Waals surface area contributed by atoms with Crippen molar-refractivity contribution in [2.75, 3.05) is 69.2 Å². The fourth-order valence-corrected chi connectivity index (χ4v) is 6.28. The lowest BCUT2D eigenvalue weighted by Crippen LogP contribution is -2.48. The normalized spacial score (nSPS) is 19.8. The molecule has 6 rings (SSSR count). The van der Waals surface area contributed by atoms with Gasteiger partial charge in [0.25, 0.3) is 0 Å². The van der Waals surface area contributed by atoms with Gasteiger partial charge in [-0.25, -0.2) is 9.97 Å². The molecular formula is C32H39ClN6O3. The van der Waals surface area contributed by atoms with E-state index < -0.39 is 0 Å². The van der Waals surface area contributed by atoms with Gasteiger partial charge in [-0.05, 0) is 75.5 Å². The summed E-state index contributed by atoms with van der Waals surface area (Å²) in [5.74, 6) is 4.08. The third kappa shape index (κ3) is 7.14. The number of hydrogen-bond acceptors (Lipinski definition) is 8. The Balaban J connectivity index is 1.06. The van der Waals surface area contributed by atoms with Gasteiger partial charge in [0.05, 0.1) is 25.8 Å². The van der Waals surface area contributed by atoms with E-state index in [4.69, 9.17) is 26.1 Å². The molecule has 1 atom stereocenters. The Hall–Kier alpha value is -3.40. The molecule has 222 valence electrons. The van der Waals surface area contributed by atoms with E-state index in [1.807, 2.05) is 60.5 Å². The maximum atomic E-state index is 12.7. The summed E-state index contributed by atoms with van der Waals surface area (Å²) in [5, 5.41) is 4.35. The summed E-state index contributed by atoms with van der Waals surface area (Å²) in [4.78, 5) is 28.9. The molecule has 2 fully saturated rings. The number of aromatic nitrogens is 2. The molecule has 4 heterocycles. The molecule has 3 aliphatic rings. The van der Waals surface area contributed by atoms with E-state index in [1.54, 1.807) is 0 Å². The van der Waals surface area contributed by atoms with Crippen molar-refractivity contribution >= 4 is 29.0 Å². The number of carbonyl (C=O) groups is 1. The molecular weight excluding hydrogens is 552 g/mol. The van der Waals surface area contributed by atoms with Gasteiger partial charge in [0, 0.05) is 54.7 Å². The van der Waals surface area contributed by atoms with Crippen LogP contribution in [0.1, 0.15) is 36.7 Å². The molecule has 3 aliphatic heterocycles. The Bertz CT molecular complexity index is 1380. The SMILES string of the molecule is Cc1ncc2c(n1)N(CC1CCN(CC(=O)N3CCOCC3)CC1)CCC2Nc1cccc(Oc2cccc(Cl)c2)c1. The van der Waals surface area contributed by atoms with Crippen molar-refractivity contribution in [1.82, 2.24) is 19.8 Å². The molecule has 42 heavy (non-hydrogen) atoms. The van der Waals surface area contributed by atoms with Crippen molar-refractivity contribution in [2.24, 2.45) is 5.92 Å². The monoisotopic (exact) mass is 590 g/mol. The van der Waals surface area contributed by atoms with Gasteiger partial charge in [-0.2, -0.15) is 0 Å². The highest BCUT2D eigenvalue weighted by molar-refractivity contribution is 6.30. The number of fused-ring (bicyclic) bond motifs is 1. The number of nitrogens with zero attached hydrogens (tertiary/aromatic N) is 5. The molecule has 0 bridgehead atoms. The van der Waals surface area contributed by atoms with Gasteiger partial charge in [-0.1, -0.05) is 23.7 Å². The van der Waals surface area contributed by atoms with Crippen LogP contribution >= 0.6 is 11.6 Å². The summed E-state index contributed by atoms with van der Waals surface area (Å²) in [6.07, 6.45) is 5.11. The number of benzene rings is 2. The number of carbonyl (C=O) groups excluding carboxylic acids is 1. The fraction of sp³-hybridized carbons (Fsp3) is 0.469. The zero-order valence-electron chi connectivity index (χ0n) is 24.2. The maximum absolute atomic E-state index is 12.7. The van der Waals surface area contributed by atoms with Crippen molar-refractivity contribution < 1.29 is 14.3 Å². The first kappa shape index (κ1) is 28.7. The number of piperidine rings is 1. The van der Waals surface area contributed by atoms with Crippen LogP contribution in [0.15, 0.2) is 54.7 Å².